The van der Waals surface area contributed by atoms with Crippen molar-refractivity contribution in [1.82, 2.24) is 13.9 Å². The molecule has 158 valence electrons. The molecule has 7 heteroatoms. The van der Waals surface area contributed by atoms with Gasteiger partial charge in [-0.25, -0.2) is 4.68 Å². The first-order valence-electron chi connectivity index (χ1n) is 9.87. The molecule has 0 saturated carbocycles. The van der Waals surface area contributed by atoms with E-state index < -0.39 is 0 Å². The minimum atomic E-state index is -0.0978. The van der Waals surface area contributed by atoms with Gasteiger partial charge >= 0.3 is 0 Å². The maximum absolute atomic E-state index is 13.7. The molecule has 0 N–H and O–H groups in total. The summed E-state index contributed by atoms with van der Waals surface area (Å²) in [5.74, 6) is 0.782. The second kappa shape index (κ2) is 8.65. The van der Waals surface area contributed by atoms with Crippen molar-refractivity contribution in [1.29, 1.82) is 0 Å². The average molecular weight is 433 g/mol. The van der Waals surface area contributed by atoms with Crippen molar-refractivity contribution >= 4 is 11.3 Å². The Morgan fingerprint density at radius 3 is 2.48 bits per heavy atom. The number of methoxy groups -OCH3 is 1. The number of ether oxygens (including phenoxy) is 1. The summed E-state index contributed by atoms with van der Waals surface area (Å²) in [6, 6.07) is 17.4. The predicted molar refractivity (Wildman–Crippen MR) is 126 cm³/mol. The fraction of sp³-hybridized carbons (Fsp3) is 0.167. The van der Waals surface area contributed by atoms with E-state index in [9.17, 15) is 4.79 Å². The fourth-order valence-electron chi connectivity index (χ4n) is 3.55. The van der Waals surface area contributed by atoms with E-state index in [4.69, 9.17) is 4.74 Å². The highest BCUT2D eigenvalue weighted by molar-refractivity contribution is 7.07. The summed E-state index contributed by atoms with van der Waals surface area (Å²) in [6.07, 6.45) is 1.75. The van der Waals surface area contributed by atoms with Gasteiger partial charge in [0.25, 0.3) is 5.56 Å². The molecule has 0 radical (unpaired) electrons. The van der Waals surface area contributed by atoms with Crippen LogP contribution in [0.4, 0.5) is 0 Å². The van der Waals surface area contributed by atoms with Crippen LogP contribution in [-0.4, -0.2) is 27.6 Å². The van der Waals surface area contributed by atoms with E-state index in [1.165, 1.54) is 11.3 Å². The molecule has 2 aromatic carbocycles. The van der Waals surface area contributed by atoms with Crippen LogP contribution in [0.15, 0.2) is 82.4 Å². The van der Waals surface area contributed by atoms with Gasteiger partial charge in [-0.1, -0.05) is 24.3 Å². The number of aromatic nitrogens is 3. The van der Waals surface area contributed by atoms with Crippen LogP contribution in [-0.2, 0) is 7.05 Å². The molecule has 0 saturated heterocycles. The van der Waals surface area contributed by atoms with Crippen molar-refractivity contribution in [2.24, 2.45) is 12.0 Å². The Morgan fingerprint density at radius 1 is 1.13 bits per heavy atom. The Balaban J connectivity index is 2.01. The first-order valence-corrected chi connectivity index (χ1v) is 10.8. The summed E-state index contributed by atoms with van der Waals surface area (Å²) in [6.45, 7) is 6.20. The van der Waals surface area contributed by atoms with Crippen molar-refractivity contribution in [3.63, 3.8) is 0 Å². The Morgan fingerprint density at radius 2 is 1.84 bits per heavy atom. The minimum Gasteiger partial charge on any atom is -0.497 e. The molecule has 0 aliphatic rings. The summed E-state index contributed by atoms with van der Waals surface area (Å²) in [5.41, 5.74) is 4.03. The van der Waals surface area contributed by atoms with E-state index in [0.717, 1.165) is 33.2 Å². The molecule has 4 rings (SSSR count). The highest BCUT2D eigenvalue weighted by atomic mass is 32.1. The normalized spacial score (nSPS) is 11.6. The van der Waals surface area contributed by atoms with Crippen molar-refractivity contribution in [3.8, 4) is 28.4 Å². The van der Waals surface area contributed by atoms with E-state index in [1.807, 2.05) is 83.2 Å². The van der Waals surface area contributed by atoms with Crippen molar-refractivity contribution in [2.45, 2.75) is 6.92 Å². The average Bonchev–Trinajstić information content (AvgIpc) is 3.30. The van der Waals surface area contributed by atoms with Crippen LogP contribution in [0.1, 0.15) is 5.69 Å². The molecule has 0 atom stereocenters. The van der Waals surface area contributed by atoms with Gasteiger partial charge in [0.1, 0.15) is 11.4 Å². The number of benzene rings is 2. The molecule has 0 bridgehead atoms. The monoisotopic (exact) mass is 432 g/mol. The molecule has 4 aromatic rings. The molecule has 0 spiro atoms. The topological polar surface area (TPSA) is 53.4 Å². The highest BCUT2D eigenvalue weighted by Gasteiger charge is 2.21. The van der Waals surface area contributed by atoms with Gasteiger partial charge in [0.15, 0.2) is 4.80 Å². The van der Waals surface area contributed by atoms with Crippen LogP contribution in [0, 0.1) is 6.92 Å². The van der Waals surface area contributed by atoms with Gasteiger partial charge < -0.3 is 4.74 Å². The molecule has 2 aromatic heterocycles. The molecular weight excluding hydrogens is 408 g/mol. The number of rotatable bonds is 6. The Kier molecular flexibility index (Phi) is 5.77. The standard InChI is InChI=1S/C24H24N4O2S/c1-5-15-25-24-27(21(16-31-24)18-11-13-20(30-4)14-12-18)22-17(2)26(3)28(23(22)29)19-9-7-6-8-10-19/h5-14,16H,1,15H2,2-4H3. The zero-order valence-corrected chi connectivity index (χ0v) is 18.6. The summed E-state index contributed by atoms with van der Waals surface area (Å²) in [4.78, 5) is 19.1. The molecule has 0 amide bonds. The Hall–Kier alpha value is -3.58. The van der Waals surface area contributed by atoms with E-state index in [0.29, 0.717) is 12.2 Å². The lowest BCUT2D eigenvalue weighted by Crippen LogP contribution is -2.25. The smallest absolute Gasteiger partial charge is 0.296 e. The molecule has 0 aliphatic carbocycles. The number of nitrogens with zero attached hydrogens (tertiary/aromatic N) is 4. The van der Waals surface area contributed by atoms with E-state index in [-0.39, 0.29) is 5.56 Å². The third kappa shape index (κ3) is 3.68. The zero-order chi connectivity index (χ0) is 22.0. The highest BCUT2D eigenvalue weighted by Crippen LogP contribution is 2.26. The lowest BCUT2D eigenvalue weighted by molar-refractivity contribution is 0.415. The van der Waals surface area contributed by atoms with Crippen LogP contribution < -0.4 is 15.1 Å². The van der Waals surface area contributed by atoms with Crippen LogP contribution in [0.3, 0.4) is 0 Å². The van der Waals surface area contributed by atoms with E-state index in [2.05, 4.69) is 11.6 Å². The maximum Gasteiger partial charge on any atom is 0.296 e. The van der Waals surface area contributed by atoms with Crippen molar-refractivity contribution < 1.29 is 4.74 Å². The van der Waals surface area contributed by atoms with Crippen LogP contribution in [0.5, 0.6) is 5.75 Å². The first-order chi connectivity index (χ1) is 15.1. The predicted octanol–water partition coefficient (Wildman–Crippen LogP) is 4.10. The molecule has 6 nitrogen and oxygen atoms in total. The van der Waals surface area contributed by atoms with E-state index >= 15 is 0 Å². The third-order valence-electron chi connectivity index (χ3n) is 5.20. The van der Waals surface area contributed by atoms with E-state index in [1.54, 1.807) is 17.9 Å². The van der Waals surface area contributed by atoms with Crippen LogP contribution >= 0.6 is 11.3 Å². The van der Waals surface area contributed by atoms with Crippen LogP contribution in [0.2, 0.25) is 0 Å². The number of para-hydroxylation sites is 1. The number of hydrogen-bond acceptors (Lipinski definition) is 4. The molecule has 0 unspecified atom stereocenters. The summed E-state index contributed by atoms with van der Waals surface area (Å²) >= 11 is 1.50. The number of thiazole rings is 1. The van der Waals surface area contributed by atoms with Crippen molar-refractivity contribution in [3.05, 3.63) is 93.5 Å². The van der Waals surface area contributed by atoms with Gasteiger partial charge in [-0.15, -0.1) is 17.9 Å². The Bertz CT molecular complexity index is 1340. The van der Waals surface area contributed by atoms with Gasteiger partial charge in [0, 0.05) is 12.4 Å². The van der Waals surface area contributed by atoms with Gasteiger partial charge in [-0.3, -0.25) is 19.0 Å². The lowest BCUT2D eigenvalue weighted by atomic mass is 10.1. The first kappa shape index (κ1) is 20.7. The lowest BCUT2D eigenvalue weighted by Gasteiger charge is -2.09. The maximum atomic E-state index is 13.7. The fourth-order valence-corrected chi connectivity index (χ4v) is 4.46. The summed E-state index contributed by atoms with van der Waals surface area (Å²) < 4.78 is 10.8. The van der Waals surface area contributed by atoms with Crippen LogP contribution in [0.25, 0.3) is 22.6 Å². The largest absolute Gasteiger partial charge is 0.497 e. The second-order valence-electron chi connectivity index (χ2n) is 7.01. The van der Waals surface area contributed by atoms with Gasteiger partial charge in [0.2, 0.25) is 0 Å². The third-order valence-corrected chi connectivity index (χ3v) is 6.06. The Labute approximate surface area is 184 Å². The summed E-state index contributed by atoms with van der Waals surface area (Å²) in [5, 5.41) is 2.03. The SMILES string of the molecule is C=CCN=c1scc(-c2ccc(OC)cc2)n1-c1c(C)n(C)n(-c2ccccc2)c1=O. The number of hydrogen-bond donors (Lipinski definition) is 0. The van der Waals surface area contributed by atoms with Gasteiger partial charge in [0.05, 0.1) is 30.7 Å². The quantitative estimate of drug-likeness (QED) is 0.431. The molecule has 0 aliphatic heterocycles. The molecule has 0 fully saturated rings. The zero-order valence-electron chi connectivity index (χ0n) is 17.8. The molecule has 31 heavy (non-hydrogen) atoms. The molecular formula is C24H24N4O2S. The second-order valence-corrected chi connectivity index (χ2v) is 7.84. The minimum absolute atomic E-state index is 0.0978. The van der Waals surface area contributed by atoms with Gasteiger partial charge in [-0.2, -0.15) is 0 Å². The van der Waals surface area contributed by atoms with Crippen molar-refractivity contribution in [2.75, 3.05) is 13.7 Å². The molecule has 2 heterocycles. The van der Waals surface area contributed by atoms with Gasteiger partial charge in [-0.05, 0) is 48.9 Å². The summed E-state index contributed by atoms with van der Waals surface area (Å²) in [7, 11) is 3.54.